The van der Waals surface area contributed by atoms with E-state index in [1.807, 2.05) is 13.0 Å². The van der Waals surface area contributed by atoms with Crippen molar-refractivity contribution in [3.8, 4) is 5.75 Å². The van der Waals surface area contributed by atoms with E-state index in [4.69, 9.17) is 14.9 Å². The van der Waals surface area contributed by atoms with Crippen LogP contribution in [0, 0.1) is 12.7 Å². The van der Waals surface area contributed by atoms with Crippen molar-refractivity contribution >= 4 is 11.8 Å². The van der Waals surface area contributed by atoms with Crippen molar-refractivity contribution in [1.29, 1.82) is 0 Å². The van der Waals surface area contributed by atoms with Crippen LogP contribution in [0.4, 0.5) is 4.39 Å². The predicted octanol–water partition coefficient (Wildman–Crippen LogP) is 3.53. The Morgan fingerprint density at radius 2 is 2.21 bits per heavy atom. The summed E-state index contributed by atoms with van der Waals surface area (Å²) in [6.45, 7) is 1.90. The molecule has 1 aromatic heterocycles. The Kier molecular flexibility index (Phi) is 4.50. The van der Waals surface area contributed by atoms with Crippen molar-refractivity contribution < 1.29 is 13.5 Å². The normalized spacial score (nSPS) is 12.4. The number of methoxy groups -OCH3 is 1. The maximum atomic E-state index is 13.6. The number of hydrogen-bond acceptors (Lipinski definition) is 4. The molecule has 0 saturated carbocycles. The first kappa shape index (κ1) is 14.0. The van der Waals surface area contributed by atoms with Gasteiger partial charge in [-0.2, -0.15) is 0 Å². The highest BCUT2D eigenvalue weighted by Crippen LogP contribution is 2.28. The second-order valence-electron chi connectivity index (χ2n) is 4.15. The van der Waals surface area contributed by atoms with E-state index in [-0.39, 0.29) is 17.6 Å². The minimum absolute atomic E-state index is 0.231. The number of benzene rings is 1. The molecule has 0 aliphatic rings. The SMILES string of the molecule is COc1ccc(C(N)CSc2ccoc2C)cc1F. The molecule has 19 heavy (non-hydrogen) atoms. The molecule has 0 aliphatic heterocycles. The first-order valence-electron chi connectivity index (χ1n) is 5.87. The summed E-state index contributed by atoms with van der Waals surface area (Å²) in [4.78, 5) is 1.06. The smallest absolute Gasteiger partial charge is 0.165 e. The van der Waals surface area contributed by atoms with Gasteiger partial charge in [0.05, 0.1) is 13.4 Å². The van der Waals surface area contributed by atoms with E-state index in [2.05, 4.69) is 0 Å². The van der Waals surface area contributed by atoms with E-state index in [9.17, 15) is 4.39 Å². The molecule has 0 saturated heterocycles. The summed E-state index contributed by atoms with van der Waals surface area (Å²) in [5.41, 5.74) is 6.82. The van der Waals surface area contributed by atoms with E-state index in [0.29, 0.717) is 5.75 Å². The van der Waals surface area contributed by atoms with E-state index in [0.717, 1.165) is 16.2 Å². The second-order valence-corrected chi connectivity index (χ2v) is 5.21. The van der Waals surface area contributed by atoms with Crippen LogP contribution in [-0.2, 0) is 0 Å². The number of aryl methyl sites for hydroxylation is 1. The Morgan fingerprint density at radius 1 is 1.42 bits per heavy atom. The van der Waals surface area contributed by atoms with Gasteiger partial charge < -0.3 is 14.9 Å². The average Bonchev–Trinajstić information content (AvgIpc) is 2.81. The fourth-order valence-corrected chi connectivity index (χ4v) is 2.67. The van der Waals surface area contributed by atoms with Gasteiger partial charge in [-0.05, 0) is 30.7 Å². The third-order valence-corrected chi connectivity index (χ3v) is 4.09. The molecular weight excluding hydrogens is 265 g/mol. The highest BCUT2D eigenvalue weighted by atomic mass is 32.2. The molecule has 0 amide bonds. The monoisotopic (exact) mass is 281 g/mol. The van der Waals surface area contributed by atoms with Crippen LogP contribution < -0.4 is 10.5 Å². The standard InChI is InChI=1S/C14H16FNO2S/c1-9-14(5-6-18-9)19-8-12(16)10-3-4-13(17-2)11(15)7-10/h3-7,12H,8,16H2,1-2H3. The fourth-order valence-electron chi connectivity index (χ4n) is 1.71. The summed E-state index contributed by atoms with van der Waals surface area (Å²) in [6, 6.07) is 6.47. The Hall–Kier alpha value is -1.46. The lowest BCUT2D eigenvalue weighted by Crippen LogP contribution is -2.13. The number of nitrogens with two attached hydrogens (primary N) is 1. The lowest BCUT2D eigenvalue weighted by molar-refractivity contribution is 0.386. The lowest BCUT2D eigenvalue weighted by Gasteiger charge is -2.12. The van der Waals surface area contributed by atoms with Gasteiger partial charge >= 0.3 is 0 Å². The van der Waals surface area contributed by atoms with Gasteiger partial charge in [-0.3, -0.25) is 0 Å². The minimum Gasteiger partial charge on any atom is -0.494 e. The van der Waals surface area contributed by atoms with Gasteiger partial charge in [0.25, 0.3) is 0 Å². The Bertz CT molecular complexity index is 556. The minimum atomic E-state index is -0.389. The van der Waals surface area contributed by atoms with Crippen molar-refractivity contribution in [1.82, 2.24) is 0 Å². The van der Waals surface area contributed by atoms with Gasteiger partial charge in [0, 0.05) is 16.7 Å². The van der Waals surface area contributed by atoms with Gasteiger partial charge in [-0.1, -0.05) is 6.07 Å². The lowest BCUT2D eigenvalue weighted by atomic mass is 10.1. The zero-order valence-corrected chi connectivity index (χ0v) is 11.7. The quantitative estimate of drug-likeness (QED) is 0.852. The maximum Gasteiger partial charge on any atom is 0.165 e. The number of halogens is 1. The molecule has 0 spiro atoms. The van der Waals surface area contributed by atoms with Crippen molar-refractivity contribution in [3.05, 3.63) is 47.7 Å². The van der Waals surface area contributed by atoms with Crippen LogP contribution in [0.25, 0.3) is 0 Å². The third-order valence-electron chi connectivity index (χ3n) is 2.83. The molecular formula is C14H16FNO2S. The Labute approximate surface area is 115 Å². The summed E-state index contributed by atoms with van der Waals surface area (Å²) in [7, 11) is 1.44. The van der Waals surface area contributed by atoms with Crippen LogP contribution in [0.2, 0.25) is 0 Å². The number of ether oxygens (including phenoxy) is 1. The van der Waals surface area contributed by atoms with Gasteiger partial charge in [-0.15, -0.1) is 11.8 Å². The zero-order valence-electron chi connectivity index (χ0n) is 10.9. The number of hydrogen-bond donors (Lipinski definition) is 1. The summed E-state index contributed by atoms with van der Waals surface area (Å²) < 4.78 is 23.7. The molecule has 0 bridgehead atoms. The van der Waals surface area contributed by atoms with E-state index in [1.54, 1.807) is 30.2 Å². The van der Waals surface area contributed by atoms with Crippen LogP contribution in [0.5, 0.6) is 5.75 Å². The van der Waals surface area contributed by atoms with E-state index < -0.39 is 0 Å². The van der Waals surface area contributed by atoms with Crippen LogP contribution >= 0.6 is 11.8 Å². The molecule has 2 rings (SSSR count). The van der Waals surface area contributed by atoms with Crippen molar-refractivity contribution in [2.24, 2.45) is 5.73 Å². The predicted molar refractivity (Wildman–Crippen MR) is 74.0 cm³/mol. The van der Waals surface area contributed by atoms with Crippen molar-refractivity contribution in [3.63, 3.8) is 0 Å². The van der Waals surface area contributed by atoms with Crippen LogP contribution in [0.15, 0.2) is 39.8 Å². The van der Waals surface area contributed by atoms with Crippen LogP contribution in [0.1, 0.15) is 17.4 Å². The average molecular weight is 281 g/mol. The van der Waals surface area contributed by atoms with E-state index >= 15 is 0 Å². The van der Waals surface area contributed by atoms with Crippen molar-refractivity contribution in [2.45, 2.75) is 17.9 Å². The highest BCUT2D eigenvalue weighted by Gasteiger charge is 2.11. The maximum absolute atomic E-state index is 13.6. The summed E-state index contributed by atoms with van der Waals surface area (Å²) in [5.74, 6) is 1.37. The fraction of sp³-hybridized carbons (Fsp3) is 0.286. The first-order valence-corrected chi connectivity index (χ1v) is 6.86. The summed E-state index contributed by atoms with van der Waals surface area (Å²) in [5, 5.41) is 0. The molecule has 3 nitrogen and oxygen atoms in total. The summed E-state index contributed by atoms with van der Waals surface area (Å²) >= 11 is 1.60. The van der Waals surface area contributed by atoms with Crippen LogP contribution in [0.3, 0.4) is 0 Å². The van der Waals surface area contributed by atoms with Gasteiger partial charge in [0.15, 0.2) is 11.6 Å². The molecule has 1 aromatic carbocycles. The molecule has 0 fully saturated rings. The zero-order chi connectivity index (χ0) is 13.8. The van der Waals surface area contributed by atoms with Gasteiger partial charge in [-0.25, -0.2) is 4.39 Å². The topological polar surface area (TPSA) is 48.4 Å². The summed E-state index contributed by atoms with van der Waals surface area (Å²) in [6.07, 6.45) is 1.65. The first-order chi connectivity index (χ1) is 9.11. The molecule has 2 aromatic rings. The third kappa shape index (κ3) is 3.30. The number of furan rings is 1. The molecule has 0 aliphatic carbocycles. The highest BCUT2D eigenvalue weighted by molar-refractivity contribution is 7.99. The van der Waals surface area contributed by atoms with Crippen molar-refractivity contribution in [2.75, 3.05) is 12.9 Å². The van der Waals surface area contributed by atoms with Crippen LogP contribution in [-0.4, -0.2) is 12.9 Å². The second kappa shape index (κ2) is 6.12. The van der Waals surface area contributed by atoms with E-state index in [1.165, 1.54) is 13.2 Å². The number of thioether (sulfide) groups is 1. The number of rotatable bonds is 5. The molecule has 2 N–H and O–H groups in total. The molecule has 1 heterocycles. The van der Waals surface area contributed by atoms with Gasteiger partial charge in [0.2, 0.25) is 0 Å². The largest absolute Gasteiger partial charge is 0.494 e. The molecule has 1 atom stereocenters. The van der Waals surface area contributed by atoms with Gasteiger partial charge in [0.1, 0.15) is 5.76 Å². The molecule has 102 valence electrons. The Morgan fingerprint density at radius 3 is 2.79 bits per heavy atom. The molecule has 5 heteroatoms. The Balaban J connectivity index is 2.02. The molecule has 1 unspecified atom stereocenters. The molecule has 0 radical (unpaired) electrons.